The highest BCUT2D eigenvalue weighted by Gasteiger charge is 2.50. The van der Waals surface area contributed by atoms with Gasteiger partial charge in [-0.1, -0.05) is 12.1 Å². The van der Waals surface area contributed by atoms with Gasteiger partial charge in [-0.2, -0.15) is 0 Å². The molecule has 17 heavy (non-hydrogen) atoms. The molecule has 1 aromatic carbocycles. The van der Waals surface area contributed by atoms with Crippen LogP contribution in [0.15, 0.2) is 29.2 Å². The highest BCUT2D eigenvalue weighted by atomic mass is 32.8. The zero-order valence-electron chi connectivity index (χ0n) is 10.6. The second kappa shape index (κ2) is 4.50. The lowest BCUT2D eigenvalue weighted by atomic mass is 10.1. The molecule has 92 valence electrons. The number of hydrogen-bond acceptors (Lipinski definition) is 2. The minimum atomic E-state index is -0.316. The number of fused-ring (bicyclic) bond motifs is 1. The van der Waals surface area contributed by atoms with Crippen molar-refractivity contribution in [2.45, 2.75) is 44.7 Å². The van der Waals surface area contributed by atoms with Gasteiger partial charge in [0.05, 0.1) is 17.0 Å². The van der Waals surface area contributed by atoms with Crippen LogP contribution >= 0.6 is 12.2 Å². The molecule has 1 atom stereocenters. The van der Waals surface area contributed by atoms with E-state index in [-0.39, 0.29) is 9.45 Å². The Morgan fingerprint density at radius 2 is 1.59 bits per heavy atom. The lowest BCUT2D eigenvalue weighted by molar-refractivity contribution is 0.298. The fraction of sp³-hybridized carbons (Fsp3) is 0.462. The zero-order chi connectivity index (χ0) is 12.8. The van der Waals surface area contributed by atoms with Crippen LogP contribution < -0.4 is 4.48 Å². The lowest BCUT2D eigenvalue weighted by Gasteiger charge is -2.40. The molecule has 2 rings (SSSR count). The summed E-state index contributed by atoms with van der Waals surface area (Å²) in [7, 11) is -0.316. The summed E-state index contributed by atoms with van der Waals surface area (Å²) >= 11 is 11.4. The predicted molar refractivity (Wildman–Crippen MR) is 84.1 cm³/mol. The first kappa shape index (κ1) is 13.3. The Hall–Kier alpha value is -0.160. The van der Waals surface area contributed by atoms with Crippen molar-refractivity contribution in [1.82, 2.24) is 4.48 Å². The topological polar surface area (TPSA) is 0 Å². The number of hydrogen-bond donors (Lipinski definition) is 0. The maximum atomic E-state index is 5.71. The maximum Gasteiger partial charge on any atom is 0.248 e. The third-order valence-electron chi connectivity index (χ3n) is 3.55. The van der Waals surface area contributed by atoms with E-state index in [1.807, 2.05) is 0 Å². The maximum absolute atomic E-state index is 5.71. The zero-order valence-corrected chi connectivity index (χ0v) is 13.1. The van der Waals surface area contributed by atoms with Crippen LogP contribution in [0.5, 0.6) is 0 Å². The third kappa shape index (κ3) is 1.65. The van der Waals surface area contributed by atoms with E-state index in [0.717, 1.165) is 8.80 Å². The quantitative estimate of drug-likeness (QED) is 0.463. The van der Waals surface area contributed by atoms with Gasteiger partial charge in [-0.3, -0.25) is 0 Å². The molecule has 0 spiro atoms. The summed E-state index contributed by atoms with van der Waals surface area (Å²) in [6.45, 7) is 8.95. The SMILES string of the molecule is CC(C)[N+]1(C(C)C)C(=S)S(=S)c2ccccc21. The molecule has 1 nitrogen and oxygen atoms in total. The van der Waals surface area contributed by atoms with E-state index < -0.39 is 0 Å². The van der Waals surface area contributed by atoms with Crippen LogP contribution in [0.2, 0.25) is 0 Å². The highest BCUT2D eigenvalue weighted by Crippen LogP contribution is 2.43. The van der Waals surface area contributed by atoms with Crippen molar-refractivity contribution in [3.63, 3.8) is 0 Å². The van der Waals surface area contributed by atoms with Crippen molar-refractivity contribution in [2.24, 2.45) is 0 Å². The van der Waals surface area contributed by atoms with Crippen LogP contribution in [-0.2, 0) is 20.6 Å². The molecular formula is C13H18NS3+. The molecule has 1 aliphatic heterocycles. The molecule has 0 aliphatic carbocycles. The Bertz CT molecular complexity index is 483. The Labute approximate surface area is 116 Å². The van der Waals surface area contributed by atoms with Crippen molar-refractivity contribution < 1.29 is 0 Å². The molecule has 0 fully saturated rings. The average Bonchev–Trinajstić information content (AvgIpc) is 2.50. The van der Waals surface area contributed by atoms with Crippen molar-refractivity contribution in [3.05, 3.63) is 24.3 Å². The van der Waals surface area contributed by atoms with E-state index in [0.29, 0.717) is 12.1 Å². The molecule has 1 unspecified atom stereocenters. The Morgan fingerprint density at radius 1 is 1.06 bits per heavy atom. The third-order valence-corrected chi connectivity index (χ3v) is 7.05. The summed E-state index contributed by atoms with van der Waals surface area (Å²) in [6, 6.07) is 9.36. The number of rotatable bonds is 2. The first-order valence-corrected chi connectivity index (χ1v) is 8.44. The summed E-state index contributed by atoms with van der Waals surface area (Å²) < 4.78 is 1.80. The molecule has 0 saturated heterocycles. The number of quaternary nitrogens is 1. The Balaban J connectivity index is 2.78. The van der Waals surface area contributed by atoms with Crippen LogP contribution in [0.4, 0.5) is 5.69 Å². The van der Waals surface area contributed by atoms with Gasteiger partial charge in [0.1, 0.15) is 0 Å². The molecule has 0 bridgehead atoms. The van der Waals surface area contributed by atoms with Gasteiger partial charge in [-0.05, 0) is 57.2 Å². The molecule has 1 aliphatic rings. The van der Waals surface area contributed by atoms with E-state index in [9.17, 15) is 0 Å². The van der Waals surface area contributed by atoms with Crippen molar-refractivity contribution >= 4 is 42.9 Å². The first-order chi connectivity index (χ1) is 7.94. The van der Waals surface area contributed by atoms with E-state index >= 15 is 0 Å². The van der Waals surface area contributed by atoms with E-state index in [2.05, 4.69) is 52.0 Å². The molecule has 0 amide bonds. The van der Waals surface area contributed by atoms with Crippen LogP contribution in [0.1, 0.15) is 27.7 Å². The fourth-order valence-corrected chi connectivity index (χ4v) is 6.00. The molecule has 1 aromatic rings. The van der Waals surface area contributed by atoms with Crippen molar-refractivity contribution in [1.29, 1.82) is 0 Å². The summed E-state index contributed by atoms with van der Waals surface area (Å²) in [5, 5.41) is 0. The van der Waals surface area contributed by atoms with Crippen LogP contribution in [0.3, 0.4) is 0 Å². The molecule has 1 heterocycles. The molecule has 0 N–H and O–H groups in total. The second-order valence-electron chi connectivity index (χ2n) is 4.97. The minimum Gasteiger partial charge on any atom is -0.238 e. The van der Waals surface area contributed by atoms with Gasteiger partial charge in [-0.15, -0.1) is 0 Å². The monoisotopic (exact) mass is 284 g/mol. The summed E-state index contributed by atoms with van der Waals surface area (Å²) in [5.74, 6) is 0. The minimum absolute atomic E-state index is 0.316. The predicted octanol–water partition coefficient (Wildman–Crippen LogP) is 3.55. The molecule has 0 radical (unpaired) electrons. The molecule has 0 aromatic heterocycles. The summed E-state index contributed by atoms with van der Waals surface area (Å²) in [5.41, 5.74) is 1.32. The van der Waals surface area contributed by atoms with Gasteiger partial charge in [-0.25, -0.2) is 4.48 Å². The van der Waals surface area contributed by atoms with Gasteiger partial charge in [0.15, 0.2) is 5.69 Å². The van der Waals surface area contributed by atoms with Gasteiger partial charge in [0.2, 0.25) is 4.32 Å². The number of thiocarbonyl (C=S) groups is 1. The molecular weight excluding hydrogens is 266 g/mol. The largest absolute Gasteiger partial charge is 0.248 e. The summed E-state index contributed by atoms with van der Waals surface area (Å²) in [6.07, 6.45) is 0. The number of benzene rings is 1. The van der Waals surface area contributed by atoms with Crippen LogP contribution in [0.25, 0.3) is 0 Å². The van der Waals surface area contributed by atoms with E-state index in [1.165, 1.54) is 10.6 Å². The fourth-order valence-electron chi connectivity index (χ4n) is 2.82. The summed E-state index contributed by atoms with van der Waals surface area (Å²) in [4.78, 5) is 1.26. The molecule has 0 saturated carbocycles. The smallest absolute Gasteiger partial charge is 0.238 e. The van der Waals surface area contributed by atoms with Crippen molar-refractivity contribution in [3.8, 4) is 0 Å². The average molecular weight is 284 g/mol. The number of nitrogens with zero attached hydrogens (tertiary/aromatic N) is 1. The lowest BCUT2D eigenvalue weighted by Crippen LogP contribution is -2.60. The Morgan fingerprint density at radius 3 is 2.12 bits per heavy atom. The second-order valence-corrected chi connectivity index (χ2v) is 7.98. The standard InChI is InChI=1S/C13H18NS3/c1-9(2)14(10(3)4)11-7-5-6-8-12(11)17(16)13(14)15/h5-10H,1-4H3/q+1. The van der Waals surface area contributed by atoms with E-state index in [4.69, 9.17) is 23.4 Å². The van der Waals surface area contributed by atoms with Gasteiger partial charge >= 0.3 is 0 Å². The highest BCUT2D eigenvalue weighted by molar-refractivity contribution is 8.41. The van der Waals surface area contributed by atoms with Gasteiger partial charge in [0, 0.05) is 15.5 Å². The normalized spacial score (nSPS) is 22.2. The molecule has 4 heteroatoms. The van der Waals surface area contributed by atoms with Gasteiger partial charge in [0.25, 0.3) is 0 Å². The Kier molecular flexibility index (Phi) is 3.51. The van der Waals surface area contributed by atoms with E-state index in [1.54, 1.807) is 0 Å². The first-order valence-electron chi connectivity index (χ1n) is 5.88. The van der Waals surface area contributed by atoms with Crippen LogP contribution in [0, 0.1) is 0 Å². The van der Waals surface area contributed by atoms with Crippen LogP contribution in [-0.4, -0.2) is 16.4 Å². The van der Waals surface area contributed by atoms with Gasteiger partial charge < -0.3 is 0 Å². The number of para-hydroxylation sites is 1. The van der Waals surface area contributed by atoms with Crippen molar-refractivity contribution in [2.75, 3.05) is 0 Å².